The van der Waals surface area contributed by atoms with Gasteiger partial charge in [0.2, 0.25) is 0 Å². The molecule has 90 valence electrons. The zero-order valence-electron chi connectivity index (χ0n) is 10.4. The van der Waals surface area contributed by atoms with Crippen LogP contribution in [0.2, 0.25) is 0 Å². The summed E-state index contributed by atoms with van der Waals surface area (Å²) >= 11 is 1.81. The van der Waals surface area contributed by atoms with Crippen LogP contribution in [0.15, 0.2) is 39.6 Å². The Balaban J connectivity index is 2.13. The smallest absolute Gasteiger partial charge is 0.114 e. The normalized spacial score (nSPS) is 10.5. The highest BCUT2D eigenvalue weighted by atomic mass is 32.2. The number of benzene rings is 1. The van der Waals surface area contributed by atoms with E-state index in [-0.39, 0.29) is 0 Å². The maximum atomic E-state index is 5.58. The van der Waals surface area contributed by atoms with E-state index in [0.717, 1.165) is 17.3 Å². The lowest BCUT2D eigenvalue weighted by Crippen LogP contribution is -1.93. The van der Waals surface area contributed by atoms with Gasteiger partial charge in [0, 0.05) is 17.6 Å². The molecule has 0 spiro atoms. The first-order valence-electron chi connectivity index (χ1n) is 5.66. The van der Waals surface area contributed by atoms with E-state index in [2.05, 4.69) is 30.4 Å². The fraction of sp³-hybridized carbons (Fsp3) is 0.286. The van der Waals surface area contributed by atoms with Gasteiger partial charge >= 0.3 is 0 Å². The van der Waals surface area contributed by atoms with Crippen LogP contribution in [0.4, 0.5) is 5.69 Å². The number of aryl methyl sites for hydroxylation is 2. The van der Waals surface area contributed by atoms with Crippen molar-refractivity contribution >= 4 is 17.4 Å². The predicted molar refractivity (Wildman–Crippen MR) is 73.7 cm³/mol. The van der Waals surface area contributed by atoms with Gasteiger partial charge in [-0.1, -0.05) is 12.1 Å². The van der Waals surface area contributed by atoms with E-state index in [1.807, 2.05) is 37.9 Å². The molecule has 1 N–H and O–H groups in total. The minimum absolute atomic E-state index is 0.868. The van der Waals surface area contributed by atoms with Gasteiger partial charge < -0.3 is 9.73 Å². The Morgan fingerprint density at radius 3 is 2.65 bits per heavy atom. The summed E-state index contributed by atoms with van der Waals surface area (Å²) < 4.78 is 5.58. The first kappa shape index (κ1) is 12.1. The number of hydrogen-bond acceptors (Lipinski definition) is 3. The molecule has 1 aromatic heterocycles. The summed E-state index contributed by atoms with van der Waals surface area (Å²) in [5, 5.41) is 3.23. The van der Waals surface area contributed by atoms with E-state index in [0.29, 0.717) is 0 Å². The van der Waals surface area contributed by atoms with Crippen molar-refractivity contribution in [2.75, 3.05) is 12.4 Å². The molecule has 0 aliphatic rings. The highest BCUT2D eigenvalue weighted by Crippen LogP contribution is 2.32. The highest BCUT2D eigenvalue weighted by Gasteiger charge is 2.06. The van der Waals surface area contributed by atoms with Crippen LogP contribution in [0.5, 0.6) is 0 Å². The monoisotopic (exact) mass is 247 g/mol. The Bertz CT molecular complexity index is 505. The molecule has 0 saturated heterocycles. The lowest BCUT2D eigenvalue weighted by molar-refractivity contribution is 0.501. The first-order valence-corrected chi connectivity index (χ1v) is 6.64. The molecule has 1 aromatic carbocycles. The van der Waals surface area contributed by atoms with Crippen LogP contribution < -0.4 is 5.32 Å². The number of hydrogen-bond donors (Lipinski definition) is 1. The lowest BCUT2D eigenvalue weighted by Gasteiger charge is -2.10. The van der Waals surface area contributed by atoms with Crippen molar-refractivity contribution in [1.82, 2.24) is 0 Å². The summed E-state index contributed by atoms with van der Waals surface area (Å²) in [7, 11) is 1.95. The molecule has 0 fully saturated rings. The Morgan fingerprint density at radius 2 is 2.00 bits per heavy atom. The number of rotatable bonds is 4. The van der Waals surface area contributed by atoms with E-state index >= 15 is 0 Å². The Morgan fingerprint density at radius 1 is 1.18 bits per heavy atom. The van der Waals surface area contributed by atoms with Crippen LogP contribution in [-0.4, -0.2) is 7.05 Å². The van der Waals surface area contributed by atoms with Crippen molar-refractivity contribution < 1.29 is 4.42 Å². The second-order valence-corrected chi connectivity index (χ2v) is 4.99. The second-order valence-electron chi connectivity index (χ2n) is 4.00. The van der Waals surface area contributed by atoms with Gasteiger partial charge in [-0.25, -0.2) is 0 Å². The van der Waals surface area contributed by atoms with Crippen LogP contribution >= 0.6 is 11.8 Å². The lowest BCUT2D eigenvalue weighted by atomic mass is 10.2. The summed E-state index contributed by atoms with van der Waals surface area (Å²) in [4.78, 5) is 1.30. The van der Waals surface area contributed by atoms with Crippen molar-refractivity contribution in [3.05, 3.63) is 47.4 Å². The SMILES string of the molecule is CNc1cccc(C)c1SCc1ccc(C)o1. The second kappa shape index (κ2) is 5.32. The van der Waals surface area contributed by atoms with Gasteiger partial charge in [-0.05, 0) is 37.6 Å². The molecule has 0 radical (unpaired) electrons. The van der Waals surface area contributed by atoms with Crippen LogP contribution in [0, 0.1) is 13.8 Å². The fourth-order valence-electron chi connectivity index (χ4n) is 1.75. The minimum atomic E-state index is 0.868. The molecule has 3 heteroatoms. The van der Waals surface area contributed by atoms with Crippen molar-refractivity contribution in [2.45, 2.75) is 24.5 Å². The molecule has 2 aromatic rings. The summed E-state index contributed by atoms with van der Waals surface area (Å²) in [5.41, 5.74) is 2.48. The van der Waals surface area contributed by atoms with E-state index in [1.54, 1.807) is 0 Å². The van der Waals surface area contributed by atoms with Crippen LogP contribution in [-0.2, 0) is 5.75 Å². The molecular weight excluding hydrogens is 230 g/mol. The van der Waals surface area contributed by atoms with Gasteiger partial charge in [0.25, 0.3) is 0 Å². The molecule has 0 unspecified atom stereocenters. The van der Waals surface area contributed by atoms with E-state index in [1.165, 1.54) is 16.1 Å². The predicted octanol–water partition coefficient (Wildman–Crippen LogP) is 4.23. The molecule has 0 bridgehead atoms. The van der Waals surface area contributed by atoms with Gasteiger partial charge in [-0.15, -0.1) is 11.8 Å². The quantitative estimate of drug-likeness (QED) is 0.818. The maximum Gasteiger partial charge on any atom is 0.114 e. The zero-order chi connectivity index (χ0) is 12.3. The number of thioether (sulfide) groups is 1. The number of nitrogens with one attached hydrogen (secondary N) is 1. The fourth-order valence-corrected chi connectivity index (χ4v) is 2.81. The minimum Gasteiger partial charge on any atom is -0.465 e. The third kappa shape index (κ3) is 2.86. The van der Waals surface area contributed by atoms with Gasteiger partial charge in [0.15, 0.2) is 0 Å². The summed E-state index contributed by atoms with van der Waals surface area (Å²) in [5.74, 6) is 2.87. The summed E-state index contributed by atoms with van der Waals surface area (Å²) in [6, 6.07) is 10.4. The summed E-state index contributed by atoms with van der Waals surface area (Å²) in [6.45, 7) is 4.11. The van der Waals surface area contributed by atoms with E-state index in [9.17, 15) is 0 Å². The molecule has 2 rings (SSSR count). The van der Waals surface area contributed by atoms with Crippen LogP contribution in [0.1, 0.15) is 17.1 Å². The first-order chi connectivity index (χ1) is 8.20. The number of furan rings is 1. The van der Waals surface area contributed by atoms with Gasteiger partial charge in [-0.2, -0.15) is 0 Å². The standard InChI is InChI=1S/C14H17NOS/c1-10-5-4-6-13(15-3)14(10)17-9-12-8-7-11(2)16-12/h4-8,15H,9H2,1-3H3. The number of anilines is 1. The Labute approximate surface area is 106 Å². The van der Waals surface area contributed by atoms with Crippen molar-refractivity contribution in [2.24, 2.45) is 0 Å². The Kier molecular flexibility index (Phi) is 3.79. The van der Waals surface area contributed by atoms with Crippen LogP contribution in [0.25, 0.3) is 0 Å². The molecule has 2 nitrogen and oxygen atoms in total. The van der Waals surface area contributed by atoms with Crippen LogP contribution in [0.3, 0.4) is 0 Å². The Hall–Kier alpha value is -1.35. The average Bonchev–Trinajstić information content (AvgIpc) is 2.73. The molecule has 0 aliphatic carbocycles. The van der Waals surface area contributed by atoms with Crippen molar-refractivity contribution in [3.63, 3.8) is 0 Å². The average molecular weight is 247 g/mol. The third-order valence-electron chi connectivity index (χ3n) is 2.64. The largest absolute Gasteiger partial charge is 0.465 e. The van der Waals surface area contributed by atoms with Gasteiger partial charge in [0.1, 0.15) is 11.5 Å². The van der Waals surface area contributed by atoms with Crippen molar-refractivity contribution in [3.8, 4) is 0 Å². The summed E-state index contributed by atoms with van der Waals surface area (Å²) in [6.07, 6.45) is 0. The highest BCUT2D eigenvalue weighted by molar-refractivity contribution is 7.98. The van der Waals surface area contributed by atoms with Crippen molar-refractivity contribution in [1.29, 1.82) is 0 Å². The molecule has 1 heterocycles. The molecule has 0 aliphatic heterocycles. The van der Waals surface area contributed by atoms with Gasteiger partial charge in [-0.3, -0.25) is 0 Å². The molecule has 0 atom stereocenters. The topological polar surface area (TPSA) is 25.2 Å². The third-order valence-corrected chi connectivity index (χ3v) is 3.90. The molecule has 17 heavy (non-hydrogen) atoms. The molecule has 0 saturated carbocycles. The zero-order valence-corrected chi connectivity index (χ0v) is 11.2. The molecular formula is C14H17NOS. The van der Waals surface area contributed by atoms with Gasteiger partial charge in [0.05, 0.1) is 5.75 Å². The maximum absolute atomic E-state index is 5.58. The van der Waals surface area contributed by atoms with E-state index in [4.69, 9.17) is 4.42 Å². The van der Waals surface area contributed by atoms with E-state index < -0.39 is 0 Å². The molecule has 0 amide bonds.